The average Bonchev–Trinajstić information content (AvgIpc) is 2.92. The lowest BCUT2D eigenvalue weighted by atomic mass is 10.2. The van der Waals surface area contributed by atoms with Crippen LogP contribution in [-0.4, -0.2) is 65.6 Å². The van der Waals surface area contributed by atoms with Crippen LogP contribution in [0.4, 0.5) is 0 Å². The van der Waals surface area contributed by atoms with E-state index in [4.69, 9.17) is 18.9 Å². The Morgan fingerprint density at radius 1 is 1.03 bits per heavy atom. The Balaban J connectivity index is 1.84. The Morgan fingerprint density at radius 3 is 2.45 bits per heavy atom. The second-order valence-corrected chi connectivity index (χ2v) is 10.0. The zero-order valence-corrected chi connectivity index (χ0v) is 22.5. The topological polar surface area (TPSA) is 104 Å². The number of hydrogen-bond acceptors (Lipinski definition) is 8. The van der Waals surface area contributed by atoms with Gasteiger partial charge in [0, 0.05) is 13.5 Å². The van der Waals surface area contributed by atoms with Gasteiger partial charge in [0.1, 0.15) is 35.3 Å². The number of amidine groups is 1. The summed E-state index contributed by atoms with van der Waals surface area (Å²) in [5, 5.41) is 0. The van der Waals surface area contributed by atoms with Gasteiger partial charge >= 0.3 is 5.97 Å². The summed E-state index contributed by atoms with van der Waals surface area (Å²) in [7, 11) is 0.763. The van der Waals surface area contributed by atoms with Crippen LogP contribution in [-0.2, 0) is 14.8 Å². The summed E-state index contributed by atoms with van der Waals surface area (Å²) >= 11 is 0. The summed E-state index contributed by atoms with van der Waals surface area (Å²) in [4.78, 5) is 14.6. The maximum absolute atomic E-state index is 13.1. The number of rotatable bonds is 9. The molecule has 0 aliphatic carbocycles. The van der Waals surface area contributed by atoms with Gasteiger partial charge in [0.2, 0.25) is 0 Å². The van der Waals surface area contributed by atoms with Crippen LogP contribution >= 0.6 is 0 Å². The Kier molecular flexibility index (Phi) is 10.1. The van der Waals surface area contributed by atoms with Gasteiger partial charge < -0.3 is 23.8 Å². The summed E-state index contributed by atoms with van der Waals surface area (Å²) in [5.74, 6) is 1.28. The summed E-state index contributed by atoms with van der Waals surface area (Å²) in [6.45, 7) is 3.74. The molecule has 2 aromatic carbocycles. The molecule has 0 N–H and O–H groups in total. The molecular formula is C28H32N2O7S. The van der Waals surface area contributed by atoms with E-state index in [-0.39, 0.29) is 35.9 Å². The molecule has 1 aliphatic heterocycles. The van der Waals surface area contributed by atoms with E-state index in [9.17, 15) is 13.2 Å². The van der Waals surface area contributed by atoms with Gasteiger partial charge in [0.25, 0.3) is 10.0 Å². The van der Waals surface area contributed by atoms with E-state index in [1.165, 1.54) is 13.2 Å². The number of likely N-dealkylation sites (N-methyl/N-ethyl adjacent to an activating group) is 1. The summed E-state index contributed by atoms with van der Waals surface area (Å²) < 4.78 is 51.6. The predicted octanol–water partition coefficient (Wildman–Crippen LogP) is 4.39. The van der Waals surface area contributed by atoms with Gasteiger partial charge in [-0.05, 0) is 48.9 Å². The Hall–Kier alpha value is -4.05. The van der Waals surface area contributed by atoms with Gasteiger partial charge in [-0.25, -0.2) is 4.79 Å². The van der Waals surface area contributed by atoms with Crippen LogP contribution in [0.5, 0.6) is 17.2 Å². The number of nitrogens with zero attached hydrogens (tertiary/aromatic N) is 2. The van der Waals surface area contributed by atoms with E-state index < -0.39 is 22.1 Å². The standard InChI is InChI=1S/C28H32N2O7S/c1-21-11-7-5-6-8-14-27(29-38(21,32)33)30(2)19-24(20-36-23-17-15-22(34-3)16-18-23)37-28(31)25-12-9-10-13-26(25)35-4/h6-13,15-18,24H,1,5,14,19-20H2,2-4H3/b8-6-,11-7-,29-27+. The maximum Gasteiger partial charge on any atom is 0.342 e. The molecule has 9 nitrogen and oxygen atoms in total. The first-order valence-electron chi connectivity index (χ1n) is 11.9. The lowest BCUT2D eigenvalue weighted by molar-refractivity contribution is 0.0126. The Bertz CT molecular complexity index is 1310. The number of esters is 1. The molecule has 0 radical (unpaired) electrons. The van der Waals surface area contributed by atoms with Crippen molar-refractivity contribution in [2.45, 2.75) is 18.9 Å². The normalized spacial score (nSPS) is 18.7. The fraction of sp³-hybridized carbons (Fsp3) is 0.286. The Labute approximate surface area is 223 Å². The van der Waals surface area contributed by atoms with Crippen LogP contribution in [0.2, 0.25) is 0 Å². The van der Waals surface area contributed by atoms with Gasteiger partial charge in [-0.1, -0.05) is 36.9 Å². The zero-order valence-electron chi connectivity index (χ0n) is 21.7. The molecule has 3 rings (SSSR count). The molecule has 1 heterocycles. The lowest BCUT2D eigenvalue weighted by Crippen LogP contribution is -2.40. The minimum Gasteiger partial charge on any atom is -0.497 e. The highest BCUT2D eigenvalue weighted by Crippen LogP contribution is 2.21. The number of benzene rings is 2. The molecule has 0 bridgehead atoms. The van der Waals surface area contributed by atoms with E-state index in [1.54, 1.807) is 73.7 Å². The number of sulfonamides is 1. The van der Waals surface area contributed by atoms with E-state index in [1.807, 2.05) is 12.2 Å². The molecule has 0 amide bonds. The lowest BCUT2D eigenvalue weighted by Gasteiger charge is -2.27. The molecule has 38 heavy (non-hydrogen) atoms. The minimum atomic E-state index is -3.96. The first-order valence-corrected chi connectivity index (χ1v) is 13.3. The predicted molar refractivity (Wildman–Crippen MR) is 146 cm³/mol. The number of allylic oxidation sites excluding steroid dienone is 3. The third-order valence-electron chi connectivity index (χ3n) is 5.61. The van der Waals surface area contributed by atoms with Gasteiger partial charge in [0.05, 0.1) is 25.7 Å². The summed E-state index contributed by atoms with van der Waals surface area (Å²) in [6, 6.07) is 13.7. The Morgan fingerprint density at radius 2 is 1.74 bits per heavy atom. The molecule has 0 saturated heterocycles. The van der Waals surface area contributed by atoms with Gasteiger partial charge in [-0.3, -0.25) is 0 Å². The van der Waals surface area contributed by atoms with Gasteiger partial charge in [-0.2, -0.15) is 8.42 Å². The van der Waals surface area contributed by atoms with Crippen molar-refractivity contribution in [3.63, 3.8) is 0 Å². The number of carbonyl (C=O) groups is 1. The number of para-hydroxylation sites is 1. The SMILES string of the molecule is C=C1/C=C\C/C=C\C/C(N(C)CC(COc2ccc(OC)cc2)OC(=O)c2ccccc2OC)=N\S1(=O)=O. The third-order valence-corrected chi connectivity index (χ3v) is 6.86. The molecule has 202 valence electrons. The zero-order chi connectivity index (χ0) is 27.5. The molecular weight excluding hydrogens is 508 g/mol. The average molecular weight is 541 g/mol. The second-order valence-electron chi connectivity index (χ2n) is 8.36. The van der Waals surface area contributed by atoms with E-state index >= 15 is 0 Å². The molecule has 1 unspecified atom stereocenters. The van der Waals surface area contributed by atoms with Crippen LogP contribution in [0.1, 0.15) is 23.2 Å². The summed E-state index contributed by atoms with van der Waals surface area (Å²) in [6.07, 6.45) is 6.96. The van der Waals surface area contributed by atoms with Crippen molar-refractivity contribution in [2.75, 3.05) is 34.4 Å². The maximum atomic E-state index is 13.1. The van der Waals surface area contributed by atoms with Crippen LogP contribution in [0.3, 0.4) is 0 Å². The smallest absolute Gasteiger partial charge is 0.342 e. The number of hydrogen-bond donors (Lipinski definition) is 0. The fourth-order valence-corrected chi connectivity index (χ4v) is 4.41. The number of ether oxygens (including phenoxy) is 4. The molecule has 1 aliphatic rings. The highest BCUT2D eigenvalue weighted by molar-refractivity contribution is 7.94. The van der Waals surface area contributed by atoms with Crippen LogP contribution < -0.4 is 14.2 Å². The fourth-order valence-electron chi connectivity index (χ4n) is 3.53. The first-order chi connectivity index (χ1) is 18.2. The molecule has 10 heteroatoms. The van der Waals surface area contributed by atoms with Gasteiger partial charge in [-0.15, -0.1) is 4.40 Å². The van der Waals surface area contributed by atoms with Crippen molar-refractivity contribution in [1.29, 1.82) is 0 Å². The van der Waals surface area contributed by atoms with Crippen molar-refractivity contribution >= 4 is 21.8 Å². The van der Waals surface area contributed by atoms with Crippen molar-refractivity contribution < 1.29 is 32.2 Å². The largest absolute Gasteiger partial charge is 0.497 e. The minimum absolute atomic E-state index is 0.00285. The molecule has 0 fully saturated rings. The molecule has 1 atom stereocenters. The first kappa shape index (κ1) is 28.5. The molecule has 0 aromatic heterocycles. The molecule has 0 saturated carbocycles. The van der Waals surface area contributed by atoms with Gasteiger partial charge in [0.15, 0.2) is 6.10 Å². The number of carbonyl (C=O) groups excluding carboxylic acids is 1. The number of methoxy groups -OCH3 is 2. The van der Waals surface area contributed by atoms with E-state index in [0.717, 1.165) is 0 Å². The van der Waals surface area contributed by atoms with Crippen molar-refractivity contribution in [3.05, 3.63) is 89.9 Å². The summed E-state index contributed by atoms with van der Waals surface area (Å²) in [5.41, 5.74) is 0.261. The van der Waals surface area contributed by atoms with Crippen LogP contribution in [0.25, 0.3) is 0 Å². The second kappa shape index (κ2) is 13.5. The third kappa shape index (κ3) is 7.97. The molecule has 0 spiro atoms. The van der Waals surface area contributed by atoms with Crippen molar-refractivity contribution in [3.8, 4) is 17.2 Å². The quantitative estimate of drug-likeness (QED) is 0.341. The van der Waals surface area contributed by atoms with Crippen molar-refractivity contribution in [1.82, 2.24) is 4.90 Å². The van der Waals surface area contributed by atoms with Crippen LogP contribution in [0.15, 0.2) is 88.7 Å². The monoisotopic (exact) mass is 540 g/mol. The van der Waals surface area contributed by atoms with E-state index in [0.29, 0.717) is 23.7 Å². The molecule has 2 aromatic rings. The van der Waals surface area contributed by atoms with Crippen LogP contribution in [0, 0.1) is 0 Å². The van der Waals surface area contributed by atoms with E-state index in [2.05, 4.69) is 11.0 Å². The highest BCUT2D eigenvalue weighted by Gasteiger charge is 2.24. The van der Waals surface area contributed by atoms with Crippen molar-refractivity contribution in [2.24, 2.45) is 4.40 Å². The highest BCUT2D eigenvalue weighted by atomic mass is 32.2.